The number of aryl methyl sites for hydroxylation is 1. The molecule has 0 aliphatic rings. The molecule has 0 radical (unpaired) electrons. The van der Waals surface area contributed by atoms with Crippen LogP contribution in [0.15, 0.2) is 42.7 Å². The van der Waals surface area contributed by atoms with Crippen molar-refractivity contribution in [2.24, 2.45) is 0 Å². The molecular formula is C15H16N4O5S. The Morgan fingerprint density at radius 2 is 2.08 bits per heavy atom. The number of anilines is 2. The summed E-state index contributed by atoms with van der Waals surface area (Å²) in [7, 11) is -3.84. The van der Waals surface area contributed by atoms with Crippen LogP contribution in [0, 0.1) is 17.0 Å². The summed E-state index contributed by atoms with van der Waals surface area (Å²) in [5.74, 6) is -0.593. The standard InChI is InChI=1S/C15H16N4O5S/c1-11-5-6-13(19(21)22)8-14(11)18(25(2,23)24)10-15(20)17-12-4-3-7-16-9-12/h3-9H,10H2,1-2H3,(H,17,20). The van der Waals surface area contributed by atoms with Crippen molar-refractivity contribution in [3.05, 3.63) is 58.4 Å². The number of non-ortho nitro benzene ring substituents is 1. The monoisotopic (exact) mass is 364 g/mol. The van der Waals surface area contributed by atoms with E-state index in [0.29, 0.717) is 11.3 Å². The molecule has 0 saturated heterocycles. The van der Waals surface area contributed by atoms with Crippen LogP contribution in [-0.2, 0) is 14.8 Å². The minimum Gasteiger partial charge on any atom is -0.323 e. The Hall–Kier alpha value is -3.01. The Kier molecular flexibility index (Phi) is 5.32. The summed E-state index contributed by atoms with van der Waals surface area (Å²) in [4.78, 5) is 26.4. The van der Waals surface area contributed by atoms with Crippen LogP contribution in [0.2, 0.25) is 0 Å². The largest absolute Gasteiger partial charge is 0.323 e. The number of benzene rings is 1. The molecule has 0 spiro atoms. The first-order valence-electron chi connectivity index (χ1n) is 7.11. The molecule has 1 N–H and O–H groups in total. The van der Waals surface area contributed by atoms with Crippen molar-refractivity contribution in [3.63, 3.8) is 0 Å². The molecule has 2 aromatic rings. The average Bonchev–Trinajstić information content (AvgIpc) is 2.53. The predicted molar refractivity (Wildman–Crippen MR) is 92.9 cm³/mol. The van der Waals surface area contributed by atoms with Gasteiger partial charge in [0.25, 0.3) is 5.69 Å². The fourth-order valence-electron chi connectivity index (χ4n) is 2.13. The van der Waals surface area contributed by atoms with Crippen LogP contribution in [0.5, 0.6) is 0 Å². The number of pyridine rings is 1. The third kappa shape index (κ3) is 4.73. The van der Waals surface area contributed by atoms with E-state index in [2.05, 4.69) is 10.3 Å². The van der Waals surface area contributed by atoms with Gasteiger partial charge >= 0.3 is 0 Å². The number of sulfonamides is 1. The molecule has 1 aromatic heterocycles. The van der Waals surface area contributed by atoms with E-state index in [1.54, 1.807) is 19.1 Å². The van der Waals surface area contributed by atoms with Crippen LogP contribution >= 0.6 is 0 Å². The van der Waals surface area contributed by atoms with Crippen molar-refractivity contribution < 1.29 is 18.1 Å². The summed E-state index contributed by atoms with van der Waals surface area (Å²) in [6.45, 7) is 1.09. The smallest absolute Gasteiger partial charge is 0.271 e. The maximum atomic E-state index is 12.2. The molecular weight excluding hydrogens is 348 g/mol. The molecule has 2 rings (SSSR count). The van der Waals surface area contributed by atoms with Crippen LogP contribution in [0.4, 0.5) is 17.1 Å². The molecule has 0 atom stereocenters. The van der Waals surface area contributed by atoms with E-state index < -0.39 is 27.4 Å². The number of nitrogens with zero attached hydrogens (tertiary/aromatic N) is 3. The number of nitro groups is 1. The van der Waals surface area contributed by atoms with E-state index in [1.807, 2.05) is 0 Å². The summed E-state index contributed by atoms with van der Waals surface area (Å²) >= 11 is 0. The summed E-state index contributed by atoms with van der Waals surface area (Å²) in [6, 6.07) is 7.07. The number of carbonyl (C=O) groups is 1. The number of hydrogen-bond acceptors (Lipinski definition) is 6. The summed E-state index contributed by atoms with van der Waals surface area (Å²) in [5, 5.41) is 13.5. The molecule has 0 saturated carbocycles. The van der Waals surface area contributed by atoms with E-state index in [0.717, 1.165) is 16.6 Å². The first kappa shape index (κ1) is 18.3. The van der Waals surface area contributed by atoms with E-state index in [1.165, 1.54) is 24.5 Å². The van der Waals surface area contributed by atoms with Gasteiger partial charge in [-0.15, -0.1) is 0 Å². The van der Waals surface area contributed by atoms with Gasteiger partial charge in [-0.2, -0.15) is 0 Å². The number of nitro benzene ring substituents is 1. The number of hydrogen-bond donors (Lipinski definition) is 1. The number of amides is 1. The molecule has 0 bridgehead atoms. The van der Waals surface area contributed by atoms with Gasteiger partial charge in [0.1, 0.15) is 6.54 Å². The van der Waals surface area contributed by atoms with Crippen molar-refractivity contribution in [2.45, 2.75) is 6.92 Å². The molecule has 0 aliphatic carbocycles. The Labute approximate surface area is 144 Å². The minimum atomic E-state index is -3.84. The summed E-state index contributed by atoms with van der Waals surface area (Å²) < 4.78 is 25.1. The van der Waals surface area contributed by atoms with Crippen molar-refractivity contribution >= 4 is 33.0 Å². The maximum absolute atomic E-state index is 12.2. The molecule has 25 heavy (non-hydrogen) atoms. The fourth-order valence-corrected chi connectivity index (χ4v) is 3.03. The normalized spacial score (nSPS) is 11.0. The van der Waals surface area contributed by atoms with Gasteiger partial charge in [0.15, 0.2) is 0 Å². The van der Waals surface area contributed by atoms with Crippen LogP contribution < -0.4 is 9.62 Å². The van der Waals surface area contributed by atoms with Crippen molar-refractivity contribution in [3.8, 4) is 0 Å². The second-order valence-electron chi connectivity index (χ2n) is 5.29. The summed E-state index contributed by atoms with van der Waals surface area (Å²) in [6.07, 6.45) is 3.88. The second kappa shape index (κ2) is 7.26. The highest BCUT2D eigenvalue weighted by molar-refractivity contribution is 7.92. The average molecular weight is 364 g/mol. The van der Waals surface area contributed by atoms with Gasteiger partial charge < -0.3 is 5.32 Å². The van der Waals surface area contributed by atoms with Gasteiger partial charge in [-0.3, -0.25) is 24.2 Å². The molecule has 0 fully saturated rings. The molecule has 1 heterocycles. The van der Waals surface area contributed by atoms with Gasteiger partial charge in [-0.1, -0.05) is 6.07 Å². The molecule has 0 aliphatic heterocycles. The Bertz CT molecular complexity index is 899. The molecule has 1 aromatic carbocycles. The van der Waals surface area contributed by atoms with Gasteiger partial charge in [0, 0.05) is 18.3 Å². The van der Waals surface area contributed by atoms with Crippen LogP contribution in [0.1, 0.15) is 5.56 Å². The lowest BCUT2D eigenvalue weighted by molar-refractivity contribution is -0.384. The molecule has 9 nitrogen and oxygen atoms in total. The Morgan fingerprint density at radius 1 is 1.36 bits per heavy atom. The third-order valence-electron chi connectivity index (χ3n) is 3.31. The highest BCUT2D eigenvalue weighted by Crippen LogP contribution is 2.27. The highest BCUT2D eigenvalue weighted by Gasteiger charge is 2.24. The predicted octanol–water partition coefficient (Wildman–Crippen LogP) is 1.70. The van der Waals surface area contributed by atoms with E-state index in [9.17, 15) is 23.3 Å². The quantitative estimate of drug-likeness (QED) is 0.615. The second-order valence-corrected chi connectivity index (χ2v) is 7.19. The first-order valence-corrected chi connectivity index (χ1v) is 8.96. The topological polar surface area (TPSA) is 123 Å². The van der Waals surface area contributed by atoms with Gasteiger partial charge in [0.05, 0.1) is 28.8 Å². The number of aromatic nitrogens is 1. The fraction of sp³-hybridized carbons (Fsp3) is 0.200. The van der Waals surface area contributed by atoms with Crippen LogP contribution in [0.25, 0.3) is 0 Å². The SMILES string of the molecule is Cc1ccc([N+](=O)[O-])cc1N(CC(=O)Nc1cccnc1)S(C)(=O)=O. The zero-order valence-electron chi connectivity index (χ0n) is 13.5. The molecule has 1 amide bonds. The molecule has 132 valence electrons. The number of nitrogens with one attached hydrogen (secondary N) is 1. The molecule has 0 unspecified atom stereocenters. The Morgan fingerprint density at radius 3 is 2.64 bits per heavy atom. The van der Waals surface area contributed by atoms with E-state index in [-0.39, 0.29) is 11.4 Å². The zero-order chi connectivity index (χ0) is 18.6. The van der Waals surface area contributed by atoms with Gasteiger partial charge in [-0.25, -0.2) is 8.42 Å². The third-order valence-corrected chi connectivity index (χ3v) is 4.43. The number of carbonyl (C=O) groups excluding carboxylic acids is 1. The lowest BCUT2D eigenvalue weighted by Crippen LogP contribution is -2.37. The van der Waals surface area contributed by atoms with E-state index in [4.69, 9.17) is 0 Å². The van der Waals surface area contributed by atoms with E-state index >= 15 is 0 Å². The summed E-state index contributed by atoms with van der Waals surface area (Å²) in [5.41, 5.74) is 0.724. The Balaban J connectivity index is 2.33. The van der Waals surface area contributed by atoms with Crippen molar-refractivity contribution in [1.29, 1.82) is 0 Å². The van der Waals surface area contributed by atoms with Crippen LogP contribution in [0.3, 0.4) is 0 Å². The van der Waals surface area contributed by atoms with Crippen molar-refractivity contribution in [2.75, 3.05) is 22.4 Å². The lowest BCUT2D eigenvalue weighted by Gasteiger charge is -2.23. The number of rotatable bonds is 6. The molecule has 10 heteroatoms. The van der Waals surface area contributed by atoms with Gasteiger partial charge in [0.2, 0.25) is 15.9 Å². The van der Waals surface area contributed by atoms with Crippen LogP contribution in [-0.4, -0.2) is 37.0 Å². The maximum Gasteiger partial charge on any atom is 0.271 e. The van der Waals surface area contributed by atoms with Gasteiger partial charge in [-0.05, 0) is 24.6 Å². The van der Waals surface area contributed by atoms with Crippen molar-refractivity contribution in [1.82, 2.24) is 4.98 Å². The zero-order valence-corrected chi connectivity index (χ0v) is 14.4. The lowest BCUT2D eigenvalue weighted by atomic mass is 10.2. The minimum absolute atomic E-state index is 0.0815. The first-order chi connectivity index (χ1) is 11.7. The highest BCUT2D eigenvalue weighted by atomic mass is 32.2.